The largest absolute Gasteiger partial charge is 0.313 e. The lowest BCUT2D eigenvalue weighted by Gasteiger charge is -2.14. The van der Waals surface area contributed by atoms with Crippen molar-refractivity contribution in [3.05, 3.63) is 89.5 Å². The van der Waals surface area contributed by atoms with Gasteiger partial charge in [0.1, 0.15) is 0 Å². The number of carbonyl (C=O) groups excluding carboxylic acids is 1. The molecule has 170 valence electrons. The van der Waals surface area contributed by atoms with E-state index in [-0.39, 0.29) is 16.5 Å². The van der Waals surface area contributed by atoms with Gasteiger partial charge in [0, 0.05) is 4.70 Å². The van der Waals surface area contributed by atoms with Crippen molar-refractivity contribution in [2.45, 2.75) is 38.0 Å². The molecule has 33 heavy (non-hydrogen) atoms. The van der Waals surface area contributed by atoms with Gasteiger partial charge in [-0.15, -0.1) is 11.3 Å². The molecule has 0 bridgehead atoms. The highest BCUT2D eigenvalue weighted by molar-refractivity contribution is 7.92. The Labute approximate surface area is 198 Å². The third-order valence-corrected chi connectivity index (χ3v) is 7.80. The highest BCUT2D eigenvalue weighted by Crippen LogP contribution is 2.31. The highest BCUT2D eigenvalue weighted by atomic mass is 32.2. The van der Waals surface area contributed by atoms with E-state index in [0.717, 1.165) is 40.5 Å². The van der Waals surface area contributed by atoms with Crippen molar-refractivity contribution in [1.82, 2.24) is 0 Å². The number of aryl methyl sites for hydroxylation is 2. The first-order valence-electron chi connectivity index (χ1n) is 10.9. The van der Waals surface area contributed by atoms with Crippen molar-refractivity contribution in [2.75, 3.05) is 10.0 Å². The second-order valence-corrected chi connectivity index (χ2v) is 10.8. The molecule has 0 unspecified atom stereocenters. The van der Waals surface area contributed by atoms with Gasteiger partial charge in [-0.2, -0.15) is 0 Å². The summed E-state index contributed by atoms with van der Waals surface area (Å²) < 4.78 is 29.6. The lowest BCUT2D eigenvalue weighted by atomic mass is 10.0. The van der Waals surface area contributed by atoms with E-state index in [4.69, 9.17) is 0 Å². The molecule has 3 aromatic carbocycles. The predicted octanol–water partition coefficient (Wildman–Crippen LogP) is 6.61. The Bertz CT molecular complexity index is 1360. The number of hydrogen-bond donors (Lipinski definition) is 2. The molecule has 2 N–H and O–H groups in total. The van der Waals surface area contributed by atoms with Crippen molar-refractivity contribution in [2.24, 2.45) is 0 Å². The number of rotatable bonds is 8. The average Bonchev–Trinajstić information content (AvgIpc) is 3.20. The summed E-state index contributed by atoms with van der Waals surface area (Å²) in [5, 5.41) is 4.72. The predicted molar refractivity (Wildman–Crippen MR) is 137 cm³/mol. The number of hydrogen-bond acceptors (Lipinski definition) is 4. The smallest absolute Gasteiger partial charge is 0.261 e. The molecule has 0 aliphatic heterocycles. The topological polar surface area (TPSA) is 75.3 Å². The minimum atomic E-state index is -3.84. The molecule has 1 aromatic heterocycles. The molecule has 0 aliphatic rings. The molecule has 4 rings (SSSR count). The lowest BCUT2D eigenvalue weighted by molar-refractivity contribution is 0.102. The van der Waals surface area contributed by atoms with Crippen LogP contribution in [0.25, 0.3) is 10.1 Å². The van der Waals surface area contributed by atoms with E-state index in [1.165, 1.54) is 11.3 Å². The molecule has 4 aromatic rings. The first-order chi connectivity index (χ1) is 15.9. The Kier molecular flexibility index (Phi) is 6.81. The number of benzene rings is 3. The maximum atomic E-state index is 13.3. The van der Waals surface area contributed by atoms with Crippen LogP contribution >= 0.6 is 11.3 Å². The van der Waals surface area contributed by atoms with Crippen LogP contribution in [0.3, 0.4) is 0 Å². The van der Waals surface area contributed by atoms with E-state index in [2.05, 4.69) is 17.0 Å². The number of fused-ring (bicyclic) bond motifs is 1. The molecule has 0 spiro atoms. The molecule has 0 aliphatic carbocycles. The van der Waals surface area contributed by atoms with E-state index in [0.29, 0.717) is 10.6 Å². The summed E-state index contributed by atoms with van der Waals surface area (Å²) >= 11 is 1.48. The van der Waals surface area contributed by atoms with E-state index < -0.39 is 10.0 Å². The summed E-state index contributed by atoms with van der Waals surface area (Å²) in [6.45, 7) is 4.01. The van der Waals surface area contributed by atoms with E-state index in [1.54, 1.807) is 36.4 Å². The van der Waals surface area contributed by atoms with Crippen LogP contribution in [-0.4, -0.2) is 14.3 Å². The molecule has 0 fully saturated rings. The fraction of sp³-hybridized carbons (Fsp3) is 0.192. The molecule has 5 nitrogen and oxygen atoms in total. The summed E-state index contributed by atoms with van der Waals surface area (Å²) in [6, 6.07) is 21.8. The van der Waals surface area contributed by atoms with Gasteiger partial charge in [-0.3, -0.25) is 9.52 Å². The van der Waals surface area contributed by atoms with Crippen molar-refractivity contribution < 1.29 is 13.2 Å². The second-order valence-electron chi connectivity index (χ2n) is 8.00. The standard InChI is InChI=1S/C26H26N2O3S2/c1-3-4-7-19-12-15-23(28-33(30,31)21-13-10-18(2)11-14-21)22(16-19)26(29)27-25-17-20-8-5-6-9-24(20)32-25/h5-6,8-17,28H,3-4,7H2,1-2H3,(H,27,29). The molecule has 0 saturated heterocycles. The quantitative estimate of drug-likeness (QED) is 0.299. The van der Waals surface area contributed by atoms with Gasteiger partial charge in [0.15, 0.2) is 0 Å². The first-order valence-corrected chi connectivity index (χ1v) is 13.2. The number of nitrogens with one attached hydrogen (secondary N) is 2. The minimum absolute atomic E-state index is 0.152. The van der Waals surface area contributed by atoms with Crippen molar-refractivity contribution in [3.8, 4) is 0 Å². The van der Waals surface area contributed by atoms with Crippen LogP contribution in [-0.2, 0) is 16.4 Å². The summed E-state index contributed by atoms with van der Waals surface area (Å²) in [7, 11) is -3.84. The first kappa shape index (κ1) is 23.0. The molecule has 1 heterocycles. The average molecular weight is 479 g/mol. The van der Waals surface area contributed by atoms with Crippen LogP contribution in [0.2, 0.25) is 0 Å². The van der Waals surface area contributed by atoms with Gasteiger partial charge in [-0.1, -0.05) is 55.3 Å². The molecular weight excluding hydrogens is 452 g/mol. The third kappa shape index (κ3) is 5.43. The van der Waals surface area contributed by atoms with Gasteiger partial charge < -0.3 is 5.32 Å². The van der Waals surface area contributed by atoms with Crippen LogP contribution in [0.4, 0.5) is 10.7 Å². The lowest BCUT2D eigenvalue weighted by Crippen LogP contribution is -2.18. The molecule has 0 radical (unpaired) electrons. The number of carbonyl (C=O) groups is 1. The van der Waals surface area contributed by atoms with E-state index >= 15 is 0 Å². The van der Waals surface area contributed by atoms with Crippen LogP contribution in [0, 0.1) is 6.92 Å². The SMILES string of the molecule is CCCCc1ccc(NS(=O)(=O)c2ccc(C)cc2)c(C(=O)Nc2cc3ccccc3s2)c1. The number of sulfonamides is 1. The van der Waals surface area contributed by atoms with Gasteiger partial charge in [0.25, 0.3) is 15.9 Å². The summed E-state index contributed by atoms with van der Waals surface area (Å²) in [5.74, 6) is -0.346. The van der Waals surface area contributed by atoms with Crippen molar-refractivity contribution in [3.63, 3.8) is 0 Å². The van der Waals surface area contributed by atoms with Gasteiger partial charge >= 0.3 is 0 Å². The molecule has 0 saturated carbocycles. The zero-order chi connectivity index (χ0) is 23.4. The van der Waals surface area contributed by atoms with Gasteiger partial charge in [-0.05, 0) is 67.1 Å². The Morgan fingerprint density at radius 1 is 0.970 bits per heavy atom. The van der Waals surface area contributed by atoms with Crippen LogP contribution in [0.5, 0.6) is 0 Å². The maximum absolute atomic E-state index is 13.3. The summed E-state index contributed by atoms with van der Waals surface area (Å²) in [4.78, 5) is 13.4. The Morgan fingerprint density at radius 3 is 2.45 bits per heavy atom. The zero-order valence-corrected chi connectivity index (χ0v) is 20.2. The molecular formula is C26H26N2O3S2. The Balaban J connectivity index is 1.66. The van der Waals surface area contributed by atoms with Crippen LogP contribution < -0.4 is 10.0 Å². The normalized spacial score (nSPS) is 11.5. The number of thiophene rings is 1. The molecule has 0 atom stereocenters. The fourth-order valence-corrected chi connectivity index (χ4v) is 5.59. The fourth-order valence-electron chi connectivity index (χ4n) is 3.55. The van der Waals surface area contributed by atoms with Crippen molar-refractivity contribution >= 4 is 48.0 Å². The van der Waals surface area contributed by atoms with Crippen LogP contribution in [0.1, 0.15) is 41.3 Å². The number of unbranched alkanes of at least 4 members (excludes halogenated alkanes) is 1. The zero-order valence-electron chi connectivity index (χ0n) is 18.6. The van der Waals surface area contributed by atoms with Gasteiger partial charge in [0.05, 0.1) is 21.1 Å². The van der Waals surface area contributed by atoms with Gasteiger partial charge in [-0.25, -0.2) is 8.42 Å². The second kappa shape index (κ2) is 9.77. The molecule has 7 heteroatoms. The monoisotopic (exact) mass is 478 g/mol. The third-order valence-electron chi connectivity index (χ3n) is 5.39. The number of amides is 1. The Hall–Kier alpha value is -3.16. The minimum Gasteiger partial charge on any atom is -0.313 e. The summed E-state index contributed by atoms with van der Waals surface area (Å²) in [5.41, 5.74) is 2.53. The van der Waals surface area contributed by atoms with Crippen molar-refractivity contribution in [1.29, 1.82) is 0 Å². The molecule has 1 amide bonds. The van der Waals surface area contributed by atoms with E-state index in [9.17, 15) is 13.2 Å². The number of anilines is 2. The van der Waals surface area contributed by atoms with Crippen LogP contribution in [0.15, 0.2) is 77.7 Å². The Morgan fingerprint density at radius 2 is 1.73 bits per heavy atom. The van der Waals surface area contributed by atoms with E-state index in [1.807, 2.05) is 43.3 Å². The maximum Gasteiger partial charge on any atom is 0.261 e. The highest BCUT2D eigenvalue weighted by Gasteiger charge is 2.20. The van der Waals surface area contributed by atoms with Gasteiger partial charge in [0.2, 0.25) is 0 Å². The summed E-state index contributed by atoms with van der Waals surface area (Å²) in [6.07, 6.45) is 2.85.